The molecule has 181 valence electrons. The quantitative estimate of drug-likeness (QED) is 0.419. The zero-order valence-electron chi connectivity index (χ0n) is 20.1. The van der Waals surface area contributed by atoms with Gasteiger partial charge in [0, 0.05) is 24.2 Å². The summed E-state index contributed by atoms with van der Waals surface area (Å²) in [6, 6.07) is 15.4. The number of benzene rings is 2. The Morgan fingerprint density at radius 3 is 2.34 bits per heavy atom. The van der Waals surface area contributed by atoms with Crippen LogP contribution in [-0.2, 0) is 4.79 Å². The highest BCUT2D eigenvalue weighted by Gasteiger charge is 2.23. The molecule has 0 unspecified atom stereocenters. The summed E-state index contributed by atoms with van der Waals surface area (Å²) in [5.41, 5.74) is 2.93. The predicted molar refractivity (Wildman–Crippen MR) is 134 cm³/mol. The number of amides is 3. The third kappa shape index (κ3) is 7.74. The van der Waals surface area contributed by atoms with Crippen molar-refractivity contribution in [2.45, 2.75) is 33.2 Å². The molecule has 3 N–H and O–H groups in total. The van der Waals surface area contributed by atoms with Crippen molar-refractivity contribution in [2.75, 3.05) is 6.54 Å². The summed E-state index contributed by atoms with van der Waals surface area (Å²) in [5.74, 6) is -0.978. The van der Waals surface area contributed by atoms with Crippen molar-refractivity contribution in [1.29, 1.82) is 0 Å². The normalized spacial score (nSPS) is 11.5. The molecule has 0 aliphatic carbocycles. The molecule has 1 atom stereocenters. The summed E-state index contributed by atoms with van der Waals surface area (Å²) >= 11 is 0. The minimum absolute atomic E-state index is 0.0696. The molecule has 0 saturated carbocycles. The van der Waals surface area contributed by atoms with Crippen LogP contribution in [0, 0.1) is 19.4 Å². The van der Waals surface area contributed by atoms with E-state index < -0.39 is 17.9 Å². The van der Waals surface area contributed by atoms with E-state index in [0.717, 1.165) is 11.1 Å². The molecule has 3 rings (SSSR count). The molecule has 35 heavy (non-hydrogen) atoms. The van der Waals surface area contributed by atoms with Crippen molar-refractivity contribution in [3.8, 4) is 11.3 Å². The van der Waals surface area contributed by atoms with E-state index in [4.69, 9.17) is 0 Å². The van der Waals surface area contributed by atoms with E-state index in [1.165, 1.54) is 6.20 Å². The van der Waals surface area contributed by atoms with E-state index in [-0.39, 0.29) is 18.1 Å². The standard InChI is InChI=1S/C27H30N5O3/c1-18(2)13-14-29-26(34)24(17-30-25(33)21-11-9-19(3)10-12-21)32-27(35)23-16-28-15-22(31-23)20-7-5-4-6-8-20/h4-12,14-16,18,24H,13,17H2,1-3H3,(H,29,34)(H,30,33)(H,32,35)/t24-/m0/s1. The minimum Gasteiger partial charge on any atom is -0.349 e. The fourth-order valence-electron chi connectivity index (χ4n) is 3.16. The summed E-state index contributed by atoms with van der Waals surface area (Å²) in [6.45, 7) is 7.56. The van der Waals surface area contributed by atoms with E-state index in [1.807, 2.05) is 63.2 Å². The van der Waals surface area contributed by atoms with Gasteiger partial charge in [0.05, 0.1) is 18.1 Å². The number of aromatic nitrogens is 2. The summed E-state index contributed by atoms with van der Waals surface area (Å²) in [5, 5.41) is 8.12. The van der Waals surface area contributed by atoms with Gasteiger partial charge in [0.1, 0.15) is 11.7 Å². The molecule has 1 heterocycles. The van der Waals surface area contributed by atoms with Gasteiger partial charge >= 0.3 is 0 Å². The van der Waals surface area contributed by atoms with Crippen molar-refractivity contribution in [1.82, 2.24) is 25.9 Å². The zero-order chi connectivity index (χ0) is 25.2. The molecule has 1 radical (unpaired) electrons. The molecule has 0 aliphatic heterocycles. The lowest BCUT2D eigenvalue weighted by molar-refractivity contribution is -0.122. The van der Waals surface area contributed by atoms with Gasteiger partial charge in [0.25, 0.3) is 11.8 Å². The maximum atomic E-state index is 13.0. The Morgan fingerprint density at radius 1 is 0.943 bits per heavy atom. The fraction of sp³-hybridized carbons (Fsp3) is 0.259. The van der Waals surface area contributed by atoms with Crippen LogP contribution in [0.5, 0.6) is 0 Å². The Balaban J connectivity index is 1.71. The number of aryl methyl sites for hydroxylation is 1. The van der Waals surface area contributed by atoms with Gasteiger partial charge in [-0.15, -0.1) is 0 Å². The lowest BCUT2D eigenvalue weighted by Crippen LogP contribution is -2.52. The average Bonchev–Trinajstić information content (AvgIpc) is 2.87. The van der Waals surface area contributed by atoms with Crippen LogP contribution >= 0.6 is 0 Å². The molecule has 0 aliphatic rings. The predicted octanol–water partition coefficient (Wildman–Crippen LogP) is 3.30. The Kier molecular flexibility index (Phi) is 9.06. The molecule has 0 saturated heterocycles. The second-order valence-corrected chi connectivity index (χ2v) is 8.60. The largest absolute Gasteiger partial charge is 0.349 e. The van der Waals surface area contributed by atoms with Gasteiger partial charge in [-0.1, -0.05) is 61.9 Å². The van der Waals surface area contributed by atoms with Crippen molar-refractivity contribution in [3.63, 3.8) is 0 Å². The molecule has 1 aromatic heterocycles. The number of carbonyl (C=O) groups excluding carboxylic acids is 3. The molecule has 8 heteroatoms. The lowest BCUT2D eigenvalue weighted by atomic mass is 10.1. The van der Waals surface area contributed by atoms with Gasteiger partial charge in [-0.25, -0.2) is 4.98 Å². The zero-order valence-corrected chi connectivity index (χ0v) is 20.1. The van der Waals surface area contributed by atoms with Crippen LogP contribution in [0.4, 0.5) is 0 Å². The Labute approximate surface area is 205 Å². The van der Waals surface area contributed by atoms with E-state index in [1.54, 1.807) is 24.9 Å². The molecule has 2 aromatic carbocycles. The number of rotatable bonds is 10. The highest BCUT2D eigenvalue weighted by molar-refractivity contribution is 5.97. The second kappa shape index (κ2) is 12.4. The Morgan fingerprint density at radius 2 is 1.66 bits per heavy atom. The number of nitrogens with zero attached hydrogens (tertiary/aromatic N) is 2. The highest BCUT2D eigenvalue weighted by atomic mass is 16.2. The maximum absolute atomic E-state index is 13.0. The van der Waals surface area contributed by atoms with Gasteiger partial charge in [0.2, 0.25) is 5.91 Å². The first-order valence-corrected chi connectivity index (χ1v) is 11.5. The molecule has 0 spiro atoms. The third-order valence-electron chi connectivity index (χ3n) is 5.17. The van der Waals surface area contributed by atoms with Crippen LogP contribution in [-0.4, -0.2) is 40.3 Å². The first-order valence-electron chi connectivity index (χ1n) is 11.5. The SMILES string of the molecule is Cc1ccc(C(=O)NC[C@H](NC(=O)c2cncc(-c3ccccc3)n2)C(=O)N[CH]CC(C)C)cc1. The van der Waals surface area contributed by atoms with Crippen LogP contribution in [0.2, 0.25) is 0 Å². The number of hydrogen-bond donors (Lipinski definition) is 3. The number of nitrogens with one attached hydrogen (secondary N) is 3. The second-order valence-electron chi connectivity index (χ2n) is 8.60. The third-order valence-corrected chi connectivity index (χ3v) is 5.17. The van der Waals surface area contributed by atoms with Crippen LogP contribution in [0.15, 0.2) is 67.0 Å². The average molecular weight is 473 g/mol. The van der Waals surface area contributed by atoms with Crippen molar-refractivity contribution < 1.29 is 14.4 Å². The van der Waals surface area contributed by atoms with Crippen LogP contribution in [0.25, 0.3) is 11.3 Å². The van der Waals surface area contributed by atoms with E-state index in [9.17, 15) is 14.4 Å². The van der Waals surface area contributed by atoms with Gasteiger partial charge in [0.15, 0.2) is 0 Å². The van der Waals surface area contributed by atoms with E-state index in [2.05, 4.69) is 25.9 Å². The lowest BCUT2D eigenvalue weighted by Gasteiger charge is -2.19. The smallest absolute Gasteiger partial charge is 0.272 e. The van der Waals surface area contributed by atoms with Crippen molar-refractivity contribution in [2.24, 2.45) is 5.92 Å². The van der Waals surface area contributed by atoms with Crippen molar-refractivity contribution in [3.05, 3.63) is 90.4 Å². The molecule has 0 bridgehead atoms. The number of hydrogen-bond acceptors (Lipinski definition) is 5. The van der Waals surface area contributed by atoms with Gasteiger partial charge < -0.3 is 16.0 Å². The molecular weight excluding hydrogens is 442 g/mol. The minimum atomic E-state index is -1.01. The van der Waals surface area contributed by atoms with Gasteiger partial charge in [-0.05, 0) is 31.4 Å². The maximum Gasteiger partial charge on any atom is 0.272 e. The molecule has 3 aromatic rings. The molecule has 0 fully saturated rings. The Bertz CT molecular complexity index is 1150. The van der Waals surface area contributed by atoms with Crippen molar-refractivity contribution >= 4 is 17.7 Å². The first kappa shape index (κ1) is 25.6. The fourth-order valence-corrected chi connectivity index (χ4v) is 3.16. The van der Waals surface area contributed by atoms with E-state index >= 15 is 0 Å². The van der Waals surface area contributed by atoms with Crippen LogP contribution in [0.3, 0.4) is 0 Å². The first-order chi connectivity index (χ1) is 16.8. The van der Waals surface area contributed by atoms with Crippen LogP contribution < -0.4 is 16.0 Å². The summed E-state index contributed by atoms with van der Waals surface area (Å²) in [4.78, 5) is 46.9. The molecule has 8 nitrogen and oxygen atoms in total. The van der Waals surface area contributed by atoms with Crippen LogP contribution in [0.1, 0.15) is 46.7 Å². The summed E-state index contributed by atoms with van der Waals surface area (Å²) in [6.07, 6.45) is 3.58. The van der Waals surface area contributed by atoms with E-state index in [0.29, 0.717) is 23.6 Å². The molecular formula is C27H30N5O3. The summed E-state index contributed by atoms with van der Waals surface area (Å²) in [7, 11) is 0. The van der Waals surface area contributed by atoms with Gasteiger partial charge in [-0.3, -0.25) is 19.4 Å². The van der Waals surface area contributed by atoms with Gasteiger partial charge in [-0.2, -0.15) is 0 Å². The summed E-state index contributed by atoms with van der Waals surface area (Å²) < 4.78 is 0. The Hall–Kier alpha value is -4.07. The highest BCUT2D eigenvalue weighted by Crippen LogP contribution is 2.15. The topological polar surface area (TPSA) is 113 Å². The monoisotopic (exact) mass is 472 g/mol. The molecule has 3 amide bonds. The number of carbonyl (C=O) groups is 3.